The summed E-state index contributed by atoms with van der Waals surface area (Å²) in [5, 5.41) is 0.570. The Bertz CT molecular complexity index is 789. The van der Waals surface area contributed by atoms with E-state index in [0.29, 0.717) is 16.5 Å². The molecule has 0 bridgehead atoms. The van der Waals surface area contributed by atoms with Crippen LogP contribution in [-0.4, -0.2) is 41.0 Å². The minimum Gasteiger partial charge on any atom is -0.449 e. The highest BCUT2D eigenvalue weighted by molar-refractivity contribution is 7.99. The van der Waals surface area contributed by atoms with Crippen molar-refractivity contribution in [2.75, 3.05) is 13.1 Å². The van der Waals surface area contributed by atoms with E-state index in [1.165, 1.54) is 11.8 Å². The minimum atomic E-state index is -0.805. The van der Waals surface area contributed by atoms with Gasteiger partial charge in [0.15, 0.2) is 6.10 Å². The van der Waals surface area contributed by atoms with Gasteiger partial charge in [0, 0.05) is 24.2 Å². The van der Waals surface area contributed by atoms with Gasteiger partial charge >= 0.3 is 5.97 Å². The van der Waals surface area contributed by atoms with Crippen LogP contribution in [0.25, 0.3) is 0 Å². The lowest BCUT2D eigenvalue weighted by molar-refractivity contribution is -0.141. The van der Waals surface area contributed by atoms with Crippen LogP contribution in [0.4, 0.5) is 0 Å². The van der Waals surface area contributed by atoms with E-state index in [1.54, 1.807) is 30.2 Å². The Morgan fingerprint density at radius 1 is 1.15 bits per heavy atom. The molecule has 2 heterocycles. The molecule has 1 saturated heterocycles. The predicted molar refractivity (Wildman–Crippen MR) is 105 cm³/mol. The van der Waals surface area contributed by atoms with Gasteiger partial charge in [-0.05, 0) is 49.9 Å². The van der Waals surface area contributed by atoms with Gasteiger partial charge in [-0.25, -0.2) is 9.78 Å². The summed E-state index contributed by atoms with van der Waals surface area (Å²) in [7, 11) is 0. The van der Waals surface area contributed by atoms with Gasteiger partial charge in [0.05, 0.1) is 5.56 Å². The van der Waals surface area contributed by atoms with E-state index in [2.05, 4.69) is 11.9 Å². The average molecular weight is 385 g/mol. The fraction of sp³-hybridized carbons (Fsp3) is 0.381. The molecule has 1 atom stereocenters. The van der Waals surface area contributed by atoms with Crippen LogP contribution in [0.15, 0.2) is 58.6 Å². The first kappa shape index (κ1) is 19.4. The predicted octanol–water partition coefficient (Wildman–Crippen LogP) is 4.04. The summed E-state index contributed by atoms with van der Waals surface area (Å²) in [6, 6.07) is 13.1. The quantitative estimate of drug-likeness (QED) is 0.728. The first-order chi connectivity index (χ1) is 13.0. The van der Waals surface area contributed by atoms with E-state index in [1.807, 2.05) is 30.3 Å². The number of piperidine rings is 1. The Kier molecular flexibility index (Phi) is 6.50. The number of carbonyl (C=O) groups excluding carboxylic acids is 2. The summed E-state index contributed by atoms with van der Waals surface area (Å²) < 4.78 is 5.47. The SMILES string of the molecule is CC1CCN(C(=O)C(C)OC(=O)c2cccnc2Sc2ccccc2)CC1. The first-order valence-electron chi connectivity index (χ1n) is 9.22. The van der Waals surface area contributed by atoms with Crippen LogP contribution in [0.3, 0.4) is 0 Å². The number of ether oxygens (including phenoxy) is 1. The van der Waals surface area contributed by atoms with Crippen LogP contribution in [0.5, 0.6) is 0 Å². The van der Waals surface area contributed by atoms with E-state index in [-0.39, 0.29) is 5.91 Å². The lowest BCUT2D eigenvalue weighted by atomic mass is 9.99. The van der Waals surface area contributed by atoms with Crippen LogP contribution >= 0.6 is 11.8 Å². The Morgan fingerprint density at radius 3 is 2.56 bits per heavy atom. The van der Waals surface area contributed by atoms with Gasteiger partial charge in [0.25, 0.3) is 5.91 Å². The lowest BCUT2D eigenvalue weighted by Gasteiger charge is -2.31. The number of aromatic nitrogens is 1. The van der Waals surface area contributed by atoms with Gasteiger partial charge in [-0.3, -0.25) is 4.79 Å². The summed E-state index contributed by atoms with van der Waals surface area (Å²) in [6.07, 6.45) is 2.83. The Balaban J connectivity index is 1.66. The summed E-state index contributed by atoms with van der Waals surface area (Å²) in [5.41, 5.74) is 0.373. The zero-order chi connectivity index (χ0) is 19.2. The minimum absolute atomic E-state index is 0.128. The molecule has 0 saturated carbocycles. The highest BCUT2D eigenvalue weighted by Gasteiger charge is 2.28. The maximum absolute atomic E-state index is 12.7. The first-order valence-corrected chi connectivity index (χ1v) is 10.0. The number of carbonyl (C=O) groups is 2. The van der Waals surface area contributed by atoms with E-state index < -0.39 is 12.1 Å². The van der Waals surface area contributed by atoms with Crippen molar-refractivity contribution in [3.8, 4) is 0 Å². The Labute approximate surface area is 164 Å². The highest BCUT2D eigenvalue weighted by atomic mass is 32.2. The molecule has 142 valence electrons. The zero-order valence-electron chi connectivity index (χ0n) is 15.6. The summed E-state index contributed by atoms with van der Waals surface area (Å²) >= 11 is 1.40. The molecule has 27 heavy (non-hydrogen) atoms. The molecule has 1 aliphatic rings. The molecule has 1 aromatic heterocycles. The summed E-state index contributed by atoms with van der Waals surface area (Å²) in [6.45, 7) is 5.28. The Hall–Kier alpha value is -2.34. The van der Waals surface area contributed by atoms with Gasteiger partial charge in [0.2, 0.25) is 0 Å². The molecule has 1 fully saturated rings. The third-order valence-corrected chi connectivity index (χ3v) is 5.70. The second kappa shape index (κ2) is 9.04. The van der Waals surface area contributed by atoms with Gasteiger partial charge in [-0.2, -0.15) is 0 Å². The molecule has 0 spiro atoms. The molecule has 6 heteroatoms. The third kappa shape index (κ3) is 5.10. The molecule has 5 nitrogen and oxygen atoms in total. The van der Waals surface area contributed by atoms with Gasteiger partial charge in [-0.15, -0.1) is 0 Å². The van der Waals surface area contributed by atoms with Crippen molar-refractivity contribution in [1.29, 1.82) is 0 Å². The second-order valence-electron chi connectivity index (χ2n) is 6.83. The Morgan fingerprint density at radius 2 is 1.85 bits per heavy atom. The number of benzene rings is 1. The highest BCUT2D eigenvalue weighted by Crippen LogP contribution is 2.29. The standard InChI is InChI=1S/C21H24N2O3S/c1-15-10-13-23(14-11-15)20(24)16(2)26-21(25)18-9-6-12-22-19(18)27-17-7-4-3-5-8-17/h3-9,12,15-16H,10-11,13-14H2,1-2H3. The number of hydrogen-bond donors (Lipinski definition) is 0. The van der Waals surface area contributed by atoms with Gasteiger partial charge < -0.3 is 9.64 Å². The summed E-state index contributed by atoms with van der Waals surface area (Å²) in [5.74, 6) is -0.0102. The van der Waals surface area contributed by atoms with Gasteiger partial charge in [0.1, 0.15) is 5.03 Å². The normalized spacial score (nSPS) is 16.0. The van der Waals surface area contributed by atoms with Crippen LogP contribution in [0.1, 0.15) is 37.0 Å². The van der Waals surface area contributed by atoms with E-state index >= 15 is 0 Å². The maximum Gasteiger partial charge on any atom is 0.341 e. The number of amides is 1. The van der Waals surface area contributed by atoms with Crippen molar-refractivity contribution >= 4 is 23.6 Å². The number of rotatable bonds is 5. The molecule has 1 aromatic carbocycles. The van der Waals surface area contributed by atoms with E-state index in [0.717, 1.165) is 30.8 Å². The van der Waals surface area contributed by atoms with Crippen molar-refractivity contribution in [3.63, 3.8) is 0 Å². The van der Waals surface area contributed by atoms with Crippen LogP contribution in [0, 0.1) is 5.92 Å². The molecule has 3 rings (SSSR count). The largest absolute Gasteiger partial charge is 0.449 e. The number of pyridine rings is 1. The fourth-order valence-corrected chi connectivity index (χ4v) is 3.88. The van der Waals surface area contributed by atoms with E-state index in [9.17, 15) is 9.59 Å². The van der Waals surface area contributed by atoms with E-state index in [4.69, 9.17) is 4.74 Å². The number of hydrogen-bond acceptors (Lipinski definition) is 5. The molecular weight excluding hydrogens is 360 g/mol. The lowest BCUT2D eigenvalue weighted by Crippen LogP contribution is -2.44. The zero-order valence-corrected chi connectivity index (χ0v) is 16.4. The molecule has 0 aliphatic carbocycles. The molecule has 1 amide bonds. The fourth-order valence-electron chi connectivity index (χ4n) is 2.99. The number of esters is 1. The molecular formula is C21H24N2O3S. The second-order valence-corrected chi connectivity index (χ2v) is 7.89. The monoisotopic (exact) mass is 384 g/mol. The van der Waals surface area contributed by atoms with Crippen molar-refractivity contribution in [2.45, 2.75) is 42.7 Å². The number of nitrogens with zero attached hydrogens (tertiary/aromatic N) is 2. The van der Waals surface area contributed by atoms with Crippen molar-refractivity contribution in [2.24, 2.45) is 5.92 Å². The smallest absolute Gasteiger partial charge is 0.341 e. The number of likely N-dealkylation sites (tertiary alicyclic amines) is 1. The molecule has 0 N–H and O–H groups in total. The van der Waals surface area contributed by atoms with Crippen LogP contribution in [-0.2, 0) is 9.53 Å². The average Bonchev–Trinajstić information content (AvgIpc) is 2.69. The molecule has 1 aliphatic heterocycles. The topological polar surface area (TPSA) is 59.5 Å². The molecule has 2 aromatic rings. The molecule has 1 unspecified atom stereocenters. The van der Waals surface area contributed by atoms with Crippen molar-refractivity contribution in [1.82, 2.24) is 9.88 Å². The van der Waals surface area contributed by atoms with Crippen molar-refractivity contribution in [3.05, 3.63) is 54.2 Å². The third-order valence-electron chi connectivity index (χ3n) is 4.68. The maximum atomic E-state index is 12.7. The van der Waals surface area contributed by atoms with Gasteiger partial charge in [-0.1, -0.05) is 36.9 Å². The molecule has 0 radical (unpaired) electrons. The van der Waals surface area contributed by atoms with Crippen LogP contribution < -0.4 is 0 Å². The summed E-state index contributed by atoms with van der Waals surface area (Å²) in [4.78, 5) is 32.3. The van der Waals surface area contributed by atoms with Crippen molar-refractivity contribution < 1.29 is 14.3 Å². The van der Waals surface area contributed by atoms with Crippen LogP contribution in [0.2, 0.25) is 0 Å².